The molecule has 130 valence electrons. The van der Waals surface area contributed by atoms with Crippen molar-refractivity contribution in [2.75, 3.05) is 5.75 Å². The summed E-state index contributed by atoms with van der Waals surface area (Å²) >= 11 is 1.08. The van der Waals surface area contributed by atoms with Crippen molar-refractivity contribution in [3.63, 3.8) is 0 Å². The lowest BCUT2D eigenvalue weighted by Crippen LogP contribution is -2.28. The Morgan fingerprint density at radius 3 is 2.96 bits per heavy atom. The van der Waals surface area contributed by atoms with Gasteiger partial charge < -0.3 is 14.2 Å². The molecular formula is C14H13N5O5S. The number of carbonyl (C=O) groups is 1. The number of aromatic amines is 1. The van der Waals surface area contributed by atoms with E-state index >= 15 is 0 Å². The van der Waals surface area contributed by atoms with E-state index in [2.05, 4.69) is 20.5 Å². The molecule has 2 N–H and O–H groups in total. The summed E-state index contributed by atoms with van der Waals surface area (Å²) < 4.78 is 11.7. The zero-order valence-electron chi connectivity index (χ0n) is 12.8. The number of hydrogen-bond donors (Lipinski definition) is 2. The van der Waals surface area contributed by atoms with Gasteiger partial charge in [0.1, 0.15) is 12.3 Å². The van der Waals surface area contributed by atoms with Crippen LogP contribution in [0, 0.1) is 0 Å². The number of nitrogens with one attached hydrogen (secondary N) is 2. The number of aromatic nitrogens is 4. The molecule has 25 heavy (non-hydrogen) atoms. The highest BCUT2D eigenvalue weighted by Gasteiger charge is 2.11. The van der Waals surface area contributed by atoms with Crippen molar-refractivity contribution in [3.05, 3.63) is 63.1 Å². The molecule has 0 aromatic carbocycles. The van der Waals surface area contributed by atoms with Crippen LogP contribution in [0.15, 0.2) is 54.3 Å². The highest BCUT2D eigenvalue weighted by atomic mass is 32.2. The number of nitrogens with zero attached hydrogens (tertiary/aromatic N) is 3. The van der Waals surface area contributed by atoms with Crippen molar-refractivity contribution in [2.24, 2.45) is 0 Å². The second-order valence-corrected chi connectivity index (χ2v) is 5.77. The fourth-order valence-electron chi connectivity index (χ4n) is 1.85. The zero-order valence-corrected chi connectivity index (χ0v) is 13.6. The fourth-order valence-corrected chi connectivity index (χ4v) is 2.46. The summed E-state index contributed by atoms with van der Waals surface area (Å²) in [6, 6.07) is 4.72. The van der Waals surface area contributed by atoms with Gasteiger partial charge in [-0.1, -0.05) is 11.8 Å². The molecule has 0 saturated heterocycles. The number of furan rings is 1. The molecule has 3 aromatic heterocycles. The van der Waals surface area contributed by atoms with Crippen molar-refractivity contribution < 1.29 is 13.6 Å². The predicted octanol–water partition coefficient (Wildman–Crippen LogP) is -0.0306. The molecule has 10 nitrogen and oxygen atoms in total. The van der Waals surface area contributed by atoms with Gasteiger partial charge in [-0.25, -0.2) is 4.79 Å². The lowest BCUT2D eigenvalue weighted by Gasteiger charge is -2.01. The van der Waals surface area contributed by atoms with Crippen LogP contribution < -0.4 is 16.6 Å². The van der Waals surface area contributed by atoms with E-state index < -0.39 is 11.2 Å². The van der Waals surface area contributed by atoms with Crippen molar-refractivity contribution in [3.8, 4) is 0 Å². The lowest BCUT2D eigenvalue weighted by molar-refractivity contribution is -0.118. The number of carbonyl (C=O) groups excluding carboxylic acids is 1. The third-order valence-electron chi connectivity index (χ3n) is 3.02. The second kappa shape index (κ2) is 7.66. The molecule has 0 aliphatic heterocycles. The maximum absolute atomic E-state index is 11.7. The summed E-state index contributed by atoms with van der Waals surface area (Å²) in [5.41, 5.74) is -1.05. The SMILES string of the molecule is O=C(CSc1nnc(Cn2ccc(=O)[nH]c2=O)o1)NCc1ccco1. The summed E-state index contributed by atoms with van der Waals surface area (Å²) in [5.74, 6) is 0.733. The molecule has 0 radical (unpaired) electrons. The smallest absolute Gasteiger partial charge is 0.328 e. The second-order valence-electron chi connectivity index (χ2n) is 4.84. The Bertz CT molecular complexity index is 958. The molecule has 0 fully saturated rings. The molecule has 3 heterocycles. The van der Waals surface area contributed by atoms with Crippen molar-refractivity contribution in [1.82, 2.24) is 25.1 Å². The summed E-state index contributed by atoms with van der Waals surface area (Å²) in [7, 11) is 0. The van der Waals surface area contributed by atoms with Gasteiger partial charge in [0, 0.05) is 12.3 Å². The van der Waals surface area contributed by atoms with Gasteiger partial charge in [-0.3, -0.25) is 19.1 Å². The monoisotopic (exact) mass is 363 g/mol. The summed E-state index contributed by atoms with van der Waals surface area (Å²) in [6.45, 7) is 0.324. The minimum Gasteiger partial charge on any atom is -0.467 e. The minimum atomic E-state index is -0.572. The molecule has 0 saturated carbocycles. The molecule has 0 aliphatic carbocycles. The van der Waals surface area contributed by atoms with Gasteiger partial charge in [0.25, 0.3) is 10.8 Å². The van der Waals surface area contributed by atoms with E-state index in [1.165, 1.54) is 23.1 Å². The topological polar surface area (TPSA) is 136 Å². The molecule has 1 amide bonds. The van der Waals surface area contributed by atoms with E-state index in [-0.39, 0.29) is 29.3 Å². The Kier molecular flexibility index (Phi) is 5.14. The van der Waals surface area contributed by atoms with Crippen LogP contribution in [0.3, 0.4) is 0 Å². The number of amides is 1. The third kappa shape index (κ3) is 4.70. The van der Waals surface area contributed by atoms with Gasteiger partial charge in [-0.15, -0.1) is 10.2 Å². The van der Waals surface area contributed by atoms with Crippen LogP contribution in [0.25, 0.3) is 0 Å². The van der Waals surface area contributed by atoms with Gasteiger partial charge in [-0.2, -0.15) is 0 Å². The van der Waals surface area contributed by atoms with E-state index in [1.54, 1.807) is 12.1 Å². The van der Waals surface area contributed by atoms with E-state index in [4.69, 9.17) is 8.83 Å². The normalized spacial score (nSPS) is 10.7. The van der Waals surface area contributed by atoms with E-state index in [1.807, 2.05) is 0 Å². The highest BCUT2D eigenvalue weighted by Crippen LogP contribution is 2.16. The molecule has 3 aromatic rings. The lowest BCUT2D eigenvalue weighted by atomic mass is 10.4. The zero-order chi connectivity index (χ0) is 17.6. The third-order valence-corrected chi connectivity index (χ3v) is 3.84. The first-order valence-electron chi connectivity index (χ1n) is 7.14. The van der Waals surface area contributed by atoms with E-state index in [9.17, 15) is 14.4 Å². The first kappa shape index (κ1) is 16.8. The molecule has 0 spiro atoms. The quantitative estimate of drug-likeness (QED) is 0.559. The minimum absolute atomic E-state index is 0.0217. The van der Waals surface area contributed by atoms with Gasteiger partial charge in [0.05, 0.1) is 18.6 Å². The maximum Gasteiger partial charge on any atom is 0.328 e. The van der Waals surface area contributed by atoms with Gasteiger partial charge in [-0.05, 0) is 12.1 Å². The first-order valence-corrected chi connectivity index (χ1v) is 8.13. The Balaban J connectivity index is 1.50. The van der Waals surface area contributed by atoms with Crippen molar-refractivity contribution in [2.45, 2.75) is 18.3 Å². The summed E-state index contributed by atoms with van der Waals surface area (Å²) in [5, 5.41) is 10.5. The van der Waals surface area contributed by atoms with Gasteiger partial charge in [0.2, 0.25) is 11.8 Å². The Hall–Kier alpha value is -3.08. The molecule has 3 rings (SSSR count). The highest BCUT2D eigenvalue weighted by molar-refractivity contribution is 7.99. The molecule has 0 unspecified atom stereocenters. The molecule has 11 heteroatoms. The summed E-state index contributed by atoms with van der Waals surface area (Å²) in [4.78, 5) is 36.5. The Morgan fingerprint density at radius 2 is 2.20 bits per heavy atom. The van der Waals surface area contributed by atoms with E-state index in [0.717, 1.165) is 11.8 Å². The van der Waals surface area contributed by atoms with Crippen LogP contribution >= 0.6 is 11.8 Å². The maximum atomic E-state index is 11.7. The fraction of sp³-hybridized carbons (Fsp3) is 0.214. The Morgan fingerprint density at radius 1 is 1.32 bits per heavy atom. The number of hydrogen-bond acceptors (Lipinski definition) is 8. The molecular weight excluding hydrogens is 350 g/mol. The summed E-state index contributed by atoms with van der Waals surface area (Å²) in [6.07, 6.45) is 2.87. The number of thioether (sulfide) groups is 1. The van der Waals surface area contributed by atoms with Gasteiger partial charge >= 0.3 is 5.69 Å². The molecule has 0 bridgehead atoms. The Labute approximate surface area is 144 Å². The van der Waals surface area contributed by atoms with E-state index in [0.29, 0.717) is 12.3 Å². The first-order chi connectivity index (χ1) is 12.1. The van der Waals surface area contributed by atoms with Crippen LogP contribution in [-0.4, -0.2) is 31.4 Å². The average Bonchev–Trinajstić information content (AvgIpc) is 3.25. The van der Waals surface area contributed by atoms with Crippen molar-refractivity contribution >= 4 is 17.7 Å². The largest absolute Gasteiger partial charge is 0.467 e. The molecule has 0 atom stereocenters. The van der Waals surface area contributed by atoms with Crippen LogP contribution in [-0.2, 0) is 17.9 Å². The standard InChI is InChI=1S/C14H13N5O5S/c20-10-3-4-19(13(22)16-10)7-12-17-18-14(24-12)25-8-11(21)15-6-9-2-1-5-23-9/h1-5H,6-8H2,(H,15,21)(H,16,20,22). The van der Waals surface area contributed by atoms with Crippen LogP contribution in [0.4, 0.5) is 0 Å². The number of rotatable bonds is 7. The van der Waals surface area contributed by atoms with Crippen LogP contribution in [0.1, 0.15) is 11.7 Å². The van der Waals surface area contributed by atoms with Crippen LogP contribution in [0.5, 0.6) is 0 Å². The van der Waals surface area contributed by atoms with Crippen molar-refractivity contribution in [1.29, 1.82) is 0 Å². The molecule has 0 aliphatic rings. The number of H-pyrrole nitrogens is 1. The van der Waals surface area contributed by atoms with Crippen LogP contribution in [0.2, 0.25) is 0 Å². The predicted molar refractivity (Wildman–Crippen MR) is 86.0 cm³/mol. The average molecular weight is 363 g/mol. The van der Waals surface area contributed by atoms with Gasteiger partial charge in [0.15, 0.2) is 0 Å².